The molecule has 1 N–H and O–H groups in total. The summed E-state index contributed by atoms with van der Waals surface area (Å²) in [5.74, 6) is 0.599. The molecule has 0 heterocycles. The molecule has 2 heteroatoms. The zero-order chi connectivity index (χ0) is 13.7. The van der Waals surface area contributed by atoms with E-state index < -0.39 is 5.60 Å². The van der Waals surface area contributed by atoms with Crippen LogP contribution in [0.15, 0.2) is 78.6 Å². The molecule has 0 amide bonds. The maximum absolute atomic E-state index is 9.88. The first-order valence-electron chi connectivity index (χ1n) is 6.24. The Morgan fingerprint density at radius 2 is 2.00 bits per heavy atom. The number of hydrogen-bond donors (Lipinski definition) is 1. The Morgan fingerprint density at radius 1 is 1.26 bits per heavy atom. The molecule has 0 saturated heterocycles. The number of rotatable bonds is 4. The first kappa shape index (κ1) is 13.4. The minimum atomic E-state index is -0.919. The number of ether oxygens (including phenoxy) is 1. The van der Waals surface area contributed by atoms with Gasteiger partial charge < -0.3 is 9.84 Å². The summed E-state index contributed by atoms with van der Waals surface area (Å²) in [6.07, 6.45) is 8.96. The van der Waals surface area contributed by atoms with E-state index >= 15 is 0 Å². The highest BCUT2D eigenvalue weighted by Gasteiger charge is 2.13. The molecule has 0 aromatic heterocycles. The molecule has 1 atom stereocenters. The van der Waals surface area contributed by atoms with Crippen LogP contribution in [0.3, 0.4) is 0 Å². The molecule has 98 valence electrons. The first-order chi connectivity index (χ1) is 9.07. The number of aliphatic hydroxyl groups is 1. The van der Waals surface area contributed by atoms with Crippen molar-refractivity contribution < 1.29 is 9.84 Å². The summed E-state index contributed by atoms with van der Waals surface area (Å²) in [4.78, 5) is 0. The van der Waals surface area contributed by atoms with Crippen LogP contribution in [0.1, 0.15) is 12.5 Å². The van der Waals surface area contributed by atoms with E-state index in [2.05, 4.69) is 6.58 Å². The molecule has 1 aromatic carbocycles. The van der Waals surface area contributed by atoms with Crippen LogP contribution in [0.25, 0.3) is 0 Å². The number of benzene rings is 1. The number of hydrogen-bond acceptors (Lipinski definition) is 2. The quantitative estimate of drug-likeness (QED) is 0.833. The van der Waals surface area contributed by atoms with Crippen molar-refractivity contribution in [2.45, 2.75) is 19.1 Å². The Labute approximate surface area is 114 Å². The molecule has 2 rings (SSSR count). The molecule has 0 bridgehead atoms. The highest BCUT2D eigenvalue weighted by atomic mass is 16.5. The first-order valence-corrected chi connectivity index (χ1v) is 6.24. The van der Waals surface area contributed by atoms with E-state index in [9.17, 15) is 5.11 Å². The molecular weight excluding hydrogens is 236 g/mol. The summed E-state index contributed by atoms with van der Waals surface area (Å²) in [6.45, 7) is 6.14. The van der Waals surface area contributed by atoms with Crippen LogP contribution in [0.2, 0.25) is 0 Å². The summed E-state index contributed by atoms with van der Waals surface area (Å²) in [5, 5.41) is 9.88. The van der Waals surface area contributed by atoms with Gasteiger partial charge in [0, 0.05) is 5.57 Å². The second-order valence-corrected chi connectivity index (χ2v) is 4.74. The lowest BCUT2D eigenvalue weighted by Gasteiger charge is -2.12. The largest absolute Gasteiger partial charge is 0.489 e. The Bertz CT molecular complexity index is 534. The zero-order valence-corrected chi connectivity index (χ0v) is 11.0. The highest BCUT2D eigenvalue weighted by Crippen LogP contribution is 2.20. The topological polar surface area (TPSA) is 29.5 Å². The van der Waals surface area contributed by atoms with Crippen molar-refractivity contribution in [2.24, 2.45) is 0 Å². The van der Waals surface area contributed by atoms with Gasteiger partial charge in [-0.05, 0) is 24.6 Å². The Hall–Kier alpha value is -2.06. The molecule has 0 saturated carbocycles. The fourth-order valence-corrected chi connectivity index (χ4v) is 1.73. The Balaban J connectivity index is 1.98. The monoisotopic (exact) mass is 254 g/mol. The Kier molecular flexibility index (Phi) is 4.03. The summed E-state index contributed by atoms with van der Waals surface area (Å²) < 4.78 is 5.66. The van der Waals surface area contributed by atoms with Crippen molar-refractivity contribution in [3.05, 3.63) is 84.2 Å². The fourth-order valence-electron chi connectivity index (χ4n) is 1.73. The van der Waals surface area contributed by atoms with Crippen molar-refractivity contribution in [1.29, 1.82) is 0 Å². The second-order valence-electron chi connectivity index (χ2n) is 4.74. The van der Waals surface area contributed by atoms with Crippen LogP contribution < -0.4 is 0 Å². The average Bonchev–Trinajstić information content (AvgIpc) is 2.58. The standard InChI is InChI=1S/C17H18O2/c1-14(19-13-15-7-4-3-5-8-15)16-9-6-11-17(2,18)12-10-16/h3-12,18H,1,13H2,2H3. The highest BCUT2D eigenvalue weighted by molar-refractivity contribution is 5.41. The van der Waals surface area contributed by atoms with Gasteiger partial charge in [0.1, 0.15) is 12.4 Å². The van der Waals surface area contributed by atoms with E-state index in [4.69, 9.17) is 4.74 Å². The molecule has 1 aliphatic rings. The van der Waals surface area contributed by atoms with Gasteiger partial charge in [-0.2, -0.15) is 0 Å². The third kappa shape index (κ3) is 3.97. The molecular formula is C17H18O2. The van der Waals surface area contributed by atoms with E-state index in [1.54, 1.807) is 19.1 Å². The van der Waals surface area contributed by atoms with Crippen molar-refractivity contribution >= 4 is 0 Å². The maximum Gasteiger partial charge on any atom is 0.119 e. The third-order valence-electron chi connectivity index (χ3n) is 2.89. The van der Waals surface area contributed by atoms with E-state index in [1.807, 2.05) is 48.6 Å². The smallest absolute Gasteiger partial charge is 0.119 e. The van der Waals surface area contributed by atoms with E-state index in [-0.39, 0.29) is 0 Å². The van der Waals surface area contributed by atoms with Crippen molar-refractivity contribution in [3.8, 4) is 0 Å². The predicted molar refractivity (Wildman–Crippen MR) is 77.4 cm³/mol. The van der Waals surface area contributed by atoms with Crippen LogP contribution in [0, 0.1) is 0 Å². The van der Waals surface area contributed by atoms with Gasteiger partial charge in [0.05, 0.1) is 5.60 Å². The fraction of sp³-hybridized carbons (Fsp3) is 0.176. The molecule has 0 radical (unpaired) electrons. The van der Waals surface area contributed by atoms with E-state index in [0.29, 0.717) is 12.4 Å². The molecule has 19 heavy (non-hydrogen) atoms. The maximum atomic E-state index is 9.88. The summed E-state index contributed by atoms with van der Waals surface area (Å²) in [7, 11) is 0. The predicted octanol–water partition coefficient (Wildman–Crippen LogP) is 3.52. The van der Waals surface area contributed by atoms with Gasteiger partial charge in [-0.1, -0.05) is 55.1 Å². The van der Waals surface area contributed by atoms with E-state index in [0.717, 1.165) is 11.1 Å². The lowest BCUT2D eigenvalue weighted by Crippen LogP contribution is -2.15. The van der Waals surface area contributed by atoms with E-state index in [1.165, 1.54) is 0 Å². The van der Waals surface area contributed by atoms with Gasteiger partial charge in [0.25, 0.3) is 0 Å². The van der Waals surface area contributed by atoms with Crippen LogP contribution in [0.5, 0.6) is 0 Å². The molecule has 1 unspecified atom stereocenters. The van der Waals surface area contributed by atoms with Crippen LogP contribution in [-0.2, 0) is 11.3 Å². The lowest BCUT2D eigenvalue weighted by molar-refractivity contribution is 0.164. The SMILES string of the molecule is C=C(OCc1ccccc1)C1=CC=CC(C)(O)C=C1. The summed E-state index contributed by atoms with van der Waals surface area (Å²) in [5.41, 5.74) is 1.05. The number of allylic oxidation sites excluding steroid dienone is 3. The molecule has 2 nitrogen and oxygen atoms in total. The molecule has 0 fully saturated rings. The van der Waals surface area contributed by atoms with Gasteiger partial charge >= 0.3 is 0 Å². The van der Waals surface area contributed by atoms with Crippen molar-refractivity contribution in [1.82, 2.24) is 0 Å². The Morgan fingerprint density at radius 3 is 2.74 bits per heavy atom. The molecule has 0 aliphatic heterocycles. The minimum Gasteiger partial charge on any atom is -0.489 e. The minimum absolute atomic E-state index is 0.491. The average molecular weight is 254 g/mol. The van der Waals surface area contributed by atoms with Crippen LogP contribution in [-0.4, -0.2) is 10.7 Å². The van der Waals surface area contributed by atoms with Gasteiger partial charge in [0.15, 0.2) is 0 Å². The normalized spacial score (nSPS) is 21.7. The van der Waals surface area contributed by atoms with Gasteiger partial charge in [-0.3, -0.25) is 0 Å². The van der Waals surface area contributed by atoms with Crippen molar-refractivity contribution in [2.75, 3.05) is 0 Å². The molecule has 0 spiro atoms. The van der Waals surface area contributed by atoms with Gasteiger partial charge in [-0.15, -0.1) is 0 Å². The van der Waals surface area contributed by atoms with Gasteiger partial charge in [-0.25, -0.2) is 0 Å². The summed E-state index contributed by atoms with van der Waals surface area (Å²) in [6, 6.07) is 9.95. The lowest BCUT2D eigenvalue weighted by atomic mass is 10.1. The zero-order valence-electron chi connectivity index (χ0n) is 11.0. The van der Waals surface area contributed by atoms with Crippen molar-refractivity contribution in [3.63, 3.8) is 0 Å². The molecule has 1 aromatic rings. The molecule has 1 aliphatic carbocycles. The second kappa shape index (κ2) is 5.72. The van der Waals surface area contributed by atoms with Crippen LogP contribution >= 0.6 is 0 Å². The third-order valence-corrected chi connectivity index (χ3v) is 2.89. The van der Waals surface area contributed by atoms with Crippen LogP contribution in [0.4, 0.5) is 0 Å². The summed E-state index contributed by atoms with van der Waals surface area (Å²) >= 11 is 0. The van der Waals surface area contributed by atoms with Gasteiger partial charge in [0.2, 0.25) is 0 Å².